The Kier molecular flexibility index (Phi) is 4.72. The van der Waals surface area contributed by atoms with E-state index in [9.17, 15) is 9.18 Å². The molecule has 0 bridgehead atoms. The fourth-order valence-electron chi connectivity index (χ4n) is 4.33. The molecule has 0 radical (unpaired) electrons. The van der Waals surface area contributed by atoms with Gasteiger partial charge in [0, 0.05) is 42.3 Å². The molecule has 7 heteroatoms. The van der Waals surface area contributed by atoms with Crippen LogP contribution in [-0.4, -0.2) is 46.0 Å². The first-order chi connectivity index (χ1) is 12.9. The van der Waals surface area contributed by atoms with E-state index in [1.165, 1.54) is 18.2 Å². The van der Waals surface area contributed by atoms with Crippen LogP contribution in [0.1, 0.15) is 46.6 Å². The van der Waals surface area contributed by atoms with Crippen molar-refractivity contribution < 1.29 is 13.7 Å². The maximum atomic E-state index is 14.1. The molecule has 1 spiro atoms. The molecule has 2 saturated heterocycles. The van der Waals surface area contributed by atoms with Crippen molar-refractivity contribution in [1.82, 2.24) is 15.0 Å². The number of aryl methyl sites for hydroxylation is 2. The van der Waals surface area contributed by atoms with Crippen LogP contribution in [0.25, 0.3) is 0 Å². The lowest BCUT2D eigenvalue weighted by molar-refractivity contribution is -0.0652. The number of piperidine rings is 1. The Labute approximate surface area is 163 Å². The van der Waals surface area contributed by atoms with Gasteiger partial charge in [-0.05, 0) is 51.3 Å². The molecule has 2 fully saturated rings. The number of halogens is 2. The molecule has 2 aliphatic rings. The predicted octanol–water partition coefficient (Wildman–Crippen LogP) is 3.96. The van der Waals surface area contributed by atoms with Gasteiger partial charge in [-0.1, -0.05) is 16.8 Å². The Morgan fingerprint density at radius 1 is 1.33 bits per heavy atom. The van der Waals surface area contributed by atoms with Crippen LogP contribution in [0.4, 0.5) is 4.39 Å². The Hall–Kier alpha value is -1.92. The lowest BCUT2D eigenvalue weighted by Crippen LogP contribution is -2.67. The first kappa shape index (κ1) is 18.4. The smallest absolute Gasteiger partial charge is 0.256 e. The summed E-state index contributed by atoms with van der Waals surface area (Å²) >= 11 is 5.97. The fraction of sp³-hybridized carbons (Fsp3) is 0.500. The molecular formula is C20H23ClFN3O2. The molecule has 1 aromatic heterocycles. The van der Waals surface area contributed by atoms with Gasteiger partial charge in [-0.2, -0.15) is 0 Å². The van der Waals surface area contributed by atoms with E-state index in [0.717, 1.165) is 49.4 Å². The molecular weight excluding hydrogens is 369 g/mol. The Bertz CT molecular complexity index is 865. The van der Waals surface area contributed by atoms with Gasteiger partial charge in [-0.3, -0.25) is 9.69 Å². The molecule has 144 valence electrons. The van der Waals surface area contributed by atoms with Gasteiger partial charge in [-0.25, -0.2) is 4.39 Å². The van der Waals surface area contributed by atoms with Crippen molar-refractivity contribution >= 4 is 17.5 Å². The van der Waals surface area contributed by atoms with E-state index in [2.05, 4.69) is 10.1 Å². The minimum atomic E-state index is -0.523. The Balaban J connectivity index is 1.52. The summed E-state index contributed by atoms with van der Waals surface area (Å²) in [6.07, 6.45) is 2.99. The van der Waals surface area contributed by atoms with E-state index >= 15 is 0 Å². The van der Waals surface area contributed by atoms with Gasteiger partial charge in [0.15, 0.2) is 0 Å². The number of nitrogens with zero attached hydrogens (tertiary/aromatic N) is 3. The molecule has 0 unspecified atom stereocenters. The highest BCUT2D eigenvalue weighted by molar-refractivity contribution is 6.31. The summed E-state index contributed by atoms with van der Waals surface area (Å²) in [6, 6.07) is 4.13. The summed E-state index contributed by atoms with van der Waals surface area (Å²) in [4.78, 5) is 17.1. The van der Waals surface area contributed by atoms with Crippen molar-refractivity contribution in [2.24, 2.45) is 0 Å². The molecule has 2 aliphatic heterocycles. The summed E-state index contributed by atoms with van der Waals surface area (Å²) < 4.78 is 19.4. The fourth-order valence-corrected chi connectivity index (χ4v) is 4.50. The van der Waals surface area contributed by atoms with Crippen LogP contribution in [0.2, 0.25) is 5.02 Å². The summed E-state index contributed by atoms with van der Waals surface area (Å²) in [7, 11) is 0. The van der Waals surface area contributed by atoms with Crippen LogP contribution < -0.4 is 0 Å². The molecule has 0 N–H and O–H groups in total. The number of rotatable bonds is 3. The van der Waals surface area contributed by atoms with Crippen molar-refractivity contribution in [1.29, 1.82) is 0 Å². The topological polar surface area (TPSA) is 49.6 Å². The van der Waals surface area contributed by atoms with Crippen molar-refractivity contribution in [2.75, 3.05) is 19.6 Å². The lowest BCUT2D eigenvalue weighted by Gasteiger charge is -2.57. The molecule has 3 heterocycles. The van der Waals surface area contributed by atoms with Gasteiger partial charge in [-0.15, -0.1) is 0 Å². The molecule has 0 aliphatic carbocycles. The Morgan fingerprint density at radius 3 is 2.81 bits per heavy atom. The van der Waals surface area contributed by atoms with Crippen LogP contribution in [0.15, 0.2) is 22.7 Å². The maximum Gasteiger partial charge on any atom is 0.256 e. The molecule has 1 aromatic carbocycles. The second-order valence-corrected chi connectivity index (χ2v) is 8.09. The number of benzene rings is 1. The first-order valence-electron chi connectivity index (χ1n) is 9.31. The third-order valence-corrected chi connectivity index (χ3v) is 6.28. The number of carbonyl (C=O) groups is 1. The van der Waals surface area contributed by atoms with Crippen molar-refractivity contribution in [2.45, 2.75) is 45.2 Å². The van der Waals surface area contributed by atoms with E-state index in [0.29, 0.717) is 18.1 Å². The number of carbonyl (C=O) groups excluding carboxylic acids is 1. The summed E-state index contributed by atoms with van der Waals surface area (Å²) in [5, 5.41) is 4.41. The van der Waals surface area contributed by atoms with Crippen molar-refractivity contribution in [3.63, 3.8) is 0 Å². The van der Waals surface area contributed by atoms with Crippen LogP contribution in [-0.2, 0) is 6.54 Å². The third-order valence-electron chi connectivity index (χ3n) is 6.05. The molecule has 27 heavy (non-hydrogen) atoms. The van der Waals surface area contributed by atoms with Gasteiger partial charge < -0.3 is 9.42 Å². The number of aromatic nitrogens is 1. The standard InChI is InChI=1S/C20H23ClFN3O2/c1-13-17(14(2)27-23-13)11-25-9-7-20(25)6-3-8-24(12-20)19(26)16-10-15(21)4-5-18(16)22/h4-5,10H,3,6-9,11-12H2,1-2H3/t20-/m0/s1. The predicted molar refractivity (Wildman–Crippen MR) is 100 cm³/mol. The van der Waals surface area contributed by atoms with E-state index in [1.807, 2.05) is 13.8 Å². The SMILES string of the molecule is Cc1noc(C)c1CN1CC[C@]12CCCN(C(=O)c1cc(Cl)ccc1F)C2. The zero-order chi connectivity index (χ0) is 19.2. The van der Waals surface area contributed by atoms with Crippen LogP contribution in [0.5, 0.6) is 0 Å². The average molecular weight is 392 g/mol. The van der Waals surface area contributed by atoms with Gasteiger partial charge >= 0.3 is 0 Å². The minimum absolute atomic E-state index is 0.0425. The van der Waals surface area contributed by atoms with E-state index < -0.39 is 5.82 Å². The number of amides is 1. The molecule has 0 saturated carbocycles. The maximum absolute atomic E-state index is 14.1. The number of hydrogen-bond acceptors (Lipinski definition) is 4. The minimum Gasteiger partial charge on any atom is -0.361 e. The summed E-state index contributed by atoms with van der Waals surface area (Å²) in [5.74, 6) is 0.0442. The zero-order valence-corrected chi connectivity index (χ0v) is 16.4. The normalized spacial score (nSPS) is 22.9. The number of likely N-dealkylation sites (tertiary alicyclic amines) is 2. The van der Waals surface area contributed by atoms with Gasteiger partial charge in [0.2, 0.25) is 0 Å². The Morgan fingerprint density at radius 2 is 2.15 bits per heavy atom. The highest BCUT2D eigenvalue weighted by Gasteiger charge is 2.48. The van der Waals surface area contributed by atoms with Gasteiger partial charge in [0.05, 0.1) is 11.3 Å². The van der Waals surface area contributed by atoms with Crippen LogP contribution in [0.3, 0.4) is 0 Å². The first-order valence-corrected chi connectivity index (χ1v) is 9.68. The average Bonchev–Trinajstić information content (AvgIpc) is 2.98. The molecule has 2 aromatic rings. The molecule has 5 nitrogen and oxygen atoms in total. The summed E-state index contributed by atoms with van der Waals surface area (Å²) in [5.41, 5.74) is 2.05. The van der Waals surface area contributed by atoms with E-state index in [1.54, 1.807) is 4.90 Å². The quantitative estimate of drug-likeness (QED) is 0.794. The number of hydrogen-bond donors (Lipinski definition) is 0. The zero-order valence-electron chi connectivity index (χ0n) is 15.6. The highest BCUT2D eigenvalue weighted by atomic mass is 35.5. The highest BCUT2D eigenvalue weighted by Crippen LogP contribution is 2.40. The monoisotopic (exact) mass is 391 g/mol. The third kappa shape index (κ3) is 3.25. The lowest BCUT2D eigenvalue weighted by atomic mass is 9.77. The van der Waals surface area contributed by atoms with E-state index in [4.69, 9.17) is 16.1 Å². The van der Waals surface area contributed by atoms with E-state index in [-0.39, 0.29) is 17.0 Å². The second-order valence-electron chi connectivity index (χ2n) is 7.65. The molecule has 1 atom stereocenters. The molecule has 4 rings (SSSR count). The van der Waals surface area contributed by atoms with Gasteiger partial charge in [0.25, 0.3) is 5.91 Å². The second kappa shape index (κ2) is 6.91. The van der Waals surface area contributed by atoms with Crippen LogP contribution >= 0.6 is 11.6 Å². The summed E-state index contributed by atoms with van der Waals surface area (Å²) in [6.45, 7) is 6.90. The van der Waals surface area contributed by atoms with Crippen molar-refractivity contribution in [3.8, 4) is 0 Å². The molecule has 1 amide bonds. The van der Waals surface area contributed by atoms with Crippen LogP contribution in [0, 0.1) is 19.7 Å². The van der Waals surface area contributed by atoms with Gasteiger partial charge in [0.1, 0.15) is 11.6 Å². The van der Waals surface area contributed by atoms with Crippen molar-refractivity contribution in [3.05, 3.63) is 51.6 Å². The largest absolute Gasteiger partial charge is 0.361 e.